The van der Waals surface area contributed by atoms with Gasteiger partial charge in [-0.2, -0.15) is 0 Å². The molecule has 0 aliphatic heterocycles. The van der Waals surface area contributed by atoms with Crippen LogP contribution in [-0.2, 0) is 17.9 Å². The summed E-state index contributed by atoms with van der Waals surface area (Å²) in [5.74, 6) is -0.634. The van der Waals surface area contributed by atoms with Crippen molar-refractivity contribution in [1.29, 1.82) is 0 Å². The second-order valence-electron chi connectivity index (χ2n) is 7.66. The van der Waals surface area contributed by atoms with Crippen LogP contribution in [0.5, 0.6) is 0 Å². The molecular formula is C25H26BrFN2O2S. The fourth-order valence-electron chi connectivity index (χ4n) is 3.31. The van der Waals surface area contributed by atoms with Gasteiger partial charge in [0.2, 0.25) is 5.91 Å². The van der Waals surface area contributed by atoms with E-state index in [0.717, 1.165) is 21.3 Å². The van der Waals surface area contributed by atoms with Gasteiger partial charge < -0.3 is 9.80 Å². The summed E-state index contributed by atoms with van der Waals surface area (Å²) in [6.07, 6.45) is 0.732. The maximum Gasteiger partial charge on any atom is 0.254 e. The van der Waals surface area contributed by atoms with Gasteiger partial charge >= 0.3 is 0 Å². The van der Waals surface area contributed by atoms with Crippen LogP contribution < -0.4 is 0 Å². The summed E-state index contributed by atoms with van der Waals surface area (Å²) >= 11 is 4.99. The van der Waals surface area contributed by atoms with Crippen molar-refractivity contribution in [3.63, 3.8) is 0 Å². The molecule has 4 nitrogen and oxygen atoms in total. The second kappa shape index (κ2) is 11.4. The van der Waals surface area contributed by atoms with Crippen LogP contribution in [0.25, 0.3) is 0 Å². The third kappa shape index (κ3) is 6.50. The van der Waals surface area contributed by atoms with E-state index in [1.807, 2.05) is 43.5 Å². The normalized spacial score (nSPS) is 11.8. The van der Waals surface area contributed by atoms with Crippen LogP contribution in [0.2, 0.25) is 0 Å². The molecule has 1 atom stereocenters. The van der Waals surface area contributed by atoms with E-state index in [1.54, 1.807) is 45.4 Å². The third-order valence-corrected chi connectivity index (χ3v) is 6.68. The van der Waals surface area contributed by atoms with Gasteiger partial charge in [-0.15, -0.1) is 11.3 Å². The summed E-state index contributed by atoms with van der Waals surface area (Å²) in [6.45, 7) is 4.71. The SMILES string of the molecule is CCC(C)N(CC(=O)N(Cc1ccc(F)cc1)Cc1cccs1)C(=O)c1cccc(Br)c1. The average molecular weight is 517 g/mol. The topological polar surface area (TPSA) is 40.6 Å². The van der Waals surface area contributed by atoms with E-state index in [4.69, 9.17) is 0 Å². The quantitative estimate of drug-likeness (QED) is 0.343. The van der Waals surface area contributed by atoms with Gasteiger partial charge in [0.15, 0.2) is 0 Å². The fraction of sp³-hybridized carbons (Fsp3) is 0.280. The van der Waals surface area contributed by atoms with Crippen LogP contribution in [0.4, 0.5) is 4.39 Å². The number of nitrogens with zero attached hydrogens (tertiary/aromatic N) is 2. The molecule has 3 aromatic rings. The van der Waals surface area contributed by atoms with Crippen molar-refractivity contribution in [3.05, 3.63) is 92.3 Å². The van der Waals surface area contributed by atoms with Gasteiger partial charge in [-0.25, -0.2) is 4.39 Å². The van der Waals surface area contributed by atoms with E-state index in [2.05, 4.69) is 15.9 Å². The van der Waals surface area contributed by atoms with Gasteiger partial charge in [0.25, 0.3) is 5.91 Å². The molecule has 1 heterocycles. The molecule has 0 aliphatic rings. The first-order valence-electron chi connectivity index (χ1n) is 10.5. The summed E-state index contributed by atoms with van der Waals surface area (Å²) in [5.41, 5.74) is 1.38. The lowest BCUT2D eigenvalue weighted by molar-refractivity contribution is -0.133. The summed E-state index contributed by atoms with van der Waals surface area (Å²) in [5, 5.41) is 1.97. The molecule has 0 bridgehead atoms. The maximum atomic E-state index is 13.4. The number of carbonyl (C=O) groups excluding carboxylic acids is 2. The Morgan fingerprint density at radius 1 is 1.06 bits per heavy atom. The summed E-state index contributed by atoms with van der Waals surface area (Å²) in [6, 6.07) is 17.2. The van der Waals surface area contributed by atoms with Crippen molar-refractivity contribution in [2.24, 2.45) is 0 Å². The van der Waals surface area contributed by atoms with Crippen LogP contribution in [0.1, 0.15) is 41.1 Å². The molecule has 0 aliphatic carbocycles. The van der Waals surface area contributed by atoms with Crippen molar-refractivity contribution < 1.29 is 14.0 Å². The molecule has 32 heavy (non-hydrogen) atoms. The number of benzene rings is 2. The largest absolute Gasteiger partial charge is 0.332 e. The highest BCUT2D eigenvalue weighted by molar-refractivity contribution is 9.10. The van der Waals surface area contributed by atoms with Gasteiger partial charge in [-0.1, -0.05) is 47.1 Å². The van der Waals surface area contributed by atoms with Gasteiger partial charge in [-0.3, -0.25) is 9.59 Å². The Kier molecular flexibility index (Phi) is 8.59. The minimum absolute atomic E-state index is 0.0209. The Hall–Kier alpha value is -2.51. The Balaban J connectivity index is 1.83. The highest BCUT2D eigenvalue weighted by Gasteiger charge is 2.26. The highest BCUT2D eigenvalue weighted by Crippen LogP contribution is 2.19. The summed E-state index contributed by atoms with van der Waals surface area (Å²) < 4.78 is 14.2. The van der Waals surface area contributed by atoms with Gasteiger partial charge in [0.1, 0.15) is 12.4 Å². The monoisotopic (exact) mass is 516 g/mol. The standard InChI is InChI=1S/C25H26BrFN2O2S/c1-3-18(2)29(25(31)20-6-4-7-21(26)14-20)17-24(30)28(16-23-8-5-13-32-23)15-19-9-11-22(27)12-10-19/h4-14,18H,3,15-17H2,1-2H3. The Morgan fingerprint density at radius 2 is 1.81 bits per heavy atom. The van der Waals surface area contributed by atoms with E-state index in [-0.39, 0.29) is 30.2 Å². The molecule has 0 spiro atoms. The molecule has 0 N–H and O–H groups in total. The molecule has 0 radical (unpaired) electrons. The molecule has 1 aromatic heterocycles. The van der Waals surface area contributed by atoms with Crippen molar-refractivity contribution in [1.82, 2.24) is 9.80 Å². The van der Waals surface area contributed by atoms with E-state index in [0.29, 0.717) is 18.7 Å². The minimum Gasteiger partial charge on any atom is -0.332 e. The maximum absolute atomic E-state index is 13.4. The predicted octanol–water partition coefficient (Wildman–Crippen LogP) is 6.12. The lowest BCUT2D eigenvalue weighted by Gasteiger charge is -2.31. The Morgan fingerprint density at radius 3 is 2.44 bits per heavy atom. The number of halogens is 2. The molecule has 2 aromatic carbocycles. The summed E-state index contributed by atoms with van der Waals surface area (Å²) in [7, 11) is 0. The van der Waals surface area contributed by atoms with Gasteiger partial charge in [0.05, 0.1) is 6.54 Å². The van der Waals surface area contributed by atoms with E-state index in [1.165, 1.54) is 12.1 Å². The smallest absolute Gasteiger partial charge is 0.254 e. The number of thiophene rings is 1. The Bertz CT molecular complexity index is 1040. The second-order valence-corrected chi connectivity index (χ2v) is 9.60. The fourth-order valence-corrected chi connectivity index (χ4v) is 4.43. The van der Waals surface area contributed by atoms with Crippen LogP contribution >= 0.6 is 27.3 Å². The number of hydrogen-bond acceptors (Lipinski definition) is 3. The molecule has 0 saturated heterocycles. The van der Waals surface area contributed by atoms with Crippen molar-refractivity contribution >= 4 is 39.1 Å². The van der Waals surface area contributed by atoms with Crippen LogP contribution in [0, 0.1) is 5.82 Å². The molecule has 3 rings (SSSR count). The van der Waals surface area contributed by atoms with E-state index >= 15 is 0 Å². The third-order valence-electron chi connectivity index (χ3n) is 5.33. The van der Waals surface area contributed by atoms with Crippen molar-refractivity contribution in [2.45, 2.75) is 39.4 Å². The van der Waals surface area contributed by atoms with Crippen LogP contribution in [0.3, 0.4) is 0 Å². The van der Waals surface area contributed by atoms with Crippen molar-refractivity contribution in [2.75, 3.05) is 6.54 Å². The molecule has 0 fully saturated rings. The first kappa shape index (κ1) is 24.1. The van der Waals surface area contributed by atoms with E-state index in [9.17, 15) is 14.0 Å². The Labute approximate surface area is 200 Å². The summed E-state index contributed by atoms with van der Waals surface area (Å²) in [4.78, 5) is 31.1. The molecule has 1 unspecified atom stereocenters. The number of rotatable bonds is 9. The first-order chi connectivity index (χ1) is 15.4. The van der Waals surface area contributed by atoms with Crippen LogP contribution in [0.15, 0.2) is 70.5 Å². The molecule has 2 amide bonds. The van der Waals surface area contributed by atoms with E-state index < -0.39 is 0 Å². The lowest BCUT2D eigenvalue weighted by atomic mass is 10.1. The highest BCUT2D eigenvalue weighted by atomic mass is 79.9. The predicted molar refractivity (Wildman–Crippen MR) is 130 cm³/mol. The first-order valence-corrected chi connectivity index (χ1v) is 12.2. The van der Waals surface area contributed by atoms with Crippen LogP contribution in [-0.4, -0.2) is 34.2 Å². The lowest BCUT2D eigenvalue weighted by Crippen LogP contribution is -2.46. The molecular weight excluding hydrogens is 491 g/mol. The van der Waals surface area contributed by atoms with Gasteiger partial charge in [0, 0.05) is 27.5 Å². The molecule has 7 heteroatoms. The zero-order chi connectivity index (χ0) is 23.1. The van der Waals surface area contributed by atoms with Crippen molar-refractivity contribution in [3.8, 4) is 0 Å². The number of hydrogen-bond donors (Lipinski definition) is 0. The zero-order valence-electron chi connectivity index (χ0n) is 18.1. The number of amides is 2. The molecule has 0 saturated carbocycles. The number of carbonyl (C=O) groups is 2. The average Bonchev–Trinajstić information content (AvgIpc) is 3.30. The zero-order valence-corrected chi connectivity index (χ0v) is 20.5. The minimum atomic E-state index is -0.313. The molecule has 168 valence electrons. The van der Waals surface area contributed by atoms with Gasteiger partial charge in [-0.05, 0) is 60.7 Å².